The van der Waals surface area contributed by atoms with Crippen LogP contribution in [-0.2, 0) is 43.6 Å². The van der Waals surface area contributed by atoms with E-state index in [2.05, 4.69) is 5.32 Å². The maximum Gasteiger partial charge on any atom is 0.410 e. The zero-order chi connectivity index (χ0) is 44.8. The molecule has 21 nitrogen and oxygen atoms in total. The number of aliphatic hydroxyl groups excluding tert-OH is 2. The molecule has 0 spiro atoms. The molecular formula is C40H42N6O15S. The Hall–Kier alpha value is -6.65. The number of aliphatic hydroxyl groups is 2. The van der Waals surface area contributed by atoms with Gasteiger partial charge < -0.3 is 39.5 Å². The number of hydrogen-bond acceptors (Lipinski definition) is 16. The number of likely N-dealkylation sites (tertiary alicyclic amines) is 1. The minimum absolute atomic E-state index is 0.00990. The molecule has 2 fully saturated rings. The number of alkyl carbamates (subject to hydrolysis) is 1. The van der Waals surface area contributed by atoms with Gasteiger partial charge in [-0.3, -0.25) is 35.1 Å². The van der Waals surface area contributed by atoms with Crippen molar-refractivity contribution >= 4 is 52.9 Å². The second kappa shape index (κ2) is 19.4. The molecule has 328 valence electrons. The molecule has 0 radical (unpaired) electrons. The van der Waals surface area contributed by atoms with E-state index in [1.807, 2.05) is 6.92 Å². The fraction of sp³-hybridized carbons (Fsp3) is 0.400. The molecule has 22 heteroatoms. The number of esters is 1. The summed E-state index contributed by atoms with van der Waals surface area (Å²) in [6.45, 7) is 2.55. The largest absolute Gasteiger partial charge is 0.456 e. The lowest BCUT2D eigenvalue weighted by Gasteiger charge is -2.46. The first-order chi connectivity index (χ1) is 29.5. The summed E-state index contributed by atoms with van der Waals surface area (Å²) in [5.41, 5.74) is 0.984. The number of nitrogens with zero attached hydrogens (tertiary/aromatic N) is 5. The van der Waals surface area contributed by atoms with Crippen LogP contribution in [0.1, 0.15) is 43.4 Å². The molecule has 2 saturated heterocycles. The lowest BCUT2D eigenvalue weighted by atomic mass is 9.79. The van der Waals surface area contributed by atoms with Crippen molar-refractivity contribution in [3.05, 3.63) is 130 Å². The van der Waals surface area contributed by atoms with E-state index in [-0.39, 0.29) is 68.5 Å². The van der Waals surface area contributed by atoms with E-state index in [4.69, 9.17) is 14.2 Å². The van der Waals surface area contributed by atoms with Crippen LogP contribution < -0.4 is 5.32 Å². The zero-order valence-corrected chi connectivity index (χ0v) is 34.1. The van der Waals surface area contributed by atoms with Crippen molar-refractivity contribution in [3.63, 3.8) is 0 Å². The Bertz CT molecular complexity index is 2240. The van der Waals surface area contributed by atoms with E-state index in [1.54, 1.807) is 0 Å². The van der Waals surface area contributed by atoms with Gasteiger partial charge in [-0.2, -0.15) is 0 Å². The molecular weight excluding hydrogens is 837 g/mol. The number of carbonyl (C=O) groups excluding carboxylic acids is 4. The number of carbonyl (C=O) groups is 4. The topological polar surface area (TPSA) is 284 Å². The fourth-order valence-electron chi connectivity index (χ4n) is 7.64. The standard InChI is InChI=1S/C40H42N6O15S/c1-22-34-33(23(2)47)37(49)43(34)35(38(50)59-19-24-3-9-27(10-4-24)44(53)54)36(22)62-30-17-31(42(18-30)40(52)61-21-26-7-13-29(14-8-26)46(57)58)32(48)15-16-41-39(51)60-20-25-5-11-28(12-6-25)45(55)56/h3-14,22-23,30-34,47-48H,15-21H2,1-2H3,(H,41,51)/t22-,23-,30+,31+,32?,33-,34-/m1/s1. The number of thioether (sulfide) groups is 1. The van der Waals surface area contributed by atoms with E-state index >= 15 is 0 Å². The van der Waals surface area contributed by atoms with Gasteiger partial charge in [0.25, 0.3) is 17.1 Å². The van der Waals surface area contributed by atoms with Gasteiger partial charge in [0.2, 0.25) is 5.91 Å². The maximum absolute atomic E-state index is 13.8. The third kappa shape index (κ3) is 10.1. The van der Waals surface area contributed by atoms with Crippen LogP contribution in [0, 0.1) is 42.2 Å². The maximum atomic E-state index is 13.8. The van der Waals surface area contributed by atoms with Crippen molar-refractivity contribution in [1.29, 1.82) is 0 Å². The predicted molar refractivity (Wildman–Crippen MR) is 217 cm³/mol. The zero-order valence-electron chi connectivity index (χ0n) is 33.3. The molecule has 3 heterocycles. The van der Waals surface area contributed by atoms with Crippen molar-refractivity contribution in [2.75, 3.05) is 13.1 Å². The van der Waals surface area contributed by atoms with E-state index < -0.39 is 80.2 Å². The molecule has 0 aromatic heterocycles. The van der Waals surface area contributed by atoms with Gasteiger partial charge in [-0.25, -0.2) is 14.4 Å². The molecule has 3 aliphatic rings. The third-order valence-corrected chi connectivity index (χ3v) is 12.3. The molecule has 3 N–H and O–H groups in total. The van der Waals surface area contributed by atoms with E-state index in [1.165, 1.54) is 101 Å². The van der Waals surface area contributed by atoms with Crippen molar-refractivity contribution in [3.8, 4) is 0 Å². The summed E-state index contributed by atoms with van der Waals surface area (Å²) in [6, 6.07) is 14.8. The van der Waals surface area contributed by atoms with Crippen molar-refractivity contribution in [1.82, 2.24) is 15.1 Å². The summed E-state index contributed by atoms with van der Waals surface area (Å²) < 4.78 is 16.4. The first-order valence-electron chi connectivity index (χ1n) is 19.3. The highest BCUT2D eigenvalue weighted by Gasteiger charge is 2.60. The van der Waals surface area contributed by atoms with Gasteiger partial charge in [0.05, 0.1) is 45.0 Å². The van der Waals surface area contributed by atoms with Gasteiger partial charge in [-0.15, -0.1) is 11.8 Å². The number of hydrogen-bond donors (Lipinski definition) is 3. The number of β-lactam (4-membered cyclic amide) rings is 1. The molecule has 3 aromatic rings. The van der Waals surface area contributed by atoms with Crippen molar-refractivity contribution < 1.29 is 58.4 Å². The average molecular weight is 879 g/mol. The Kier molecular flexibility index (Phi) is 14.0. The van der Waals surface area contributed by atoms with E-state index in [9.17, 15) is 59.7 Å². The quantitative estimate of drug-likeness (QED) is 0.0544. The number of fused-ring (bicyclic) bond motifs is 1. The number of ether oxygens (including phenoxy) is 3. The summed E-state index contributed by atoms with van der Waals surface area (Å²) in [4.78, 5) is 87.9. The smallest absolute Gasteiger partial charge is 0.410 e. The Morgan fingerprint density at radius 1 is 0.806 bits per heavy atom. The molecule has 0 saturated carbocycles. The van der Waals surface area contributed by atoms with Gasteiger partial charge in [0.15, 0.2) is 0 Å². The number of non-ortho nitro benzene ring substituents is 3. The Balaban J connectivity index is 1.16. The number of nitro benzene ring substituents is 3. The predicted octanol–water partition coefficient (Wildman–Crippen LogP) is 4.71. The fourth-order valence-corrected chi connectivity index (χ4v) is 9.17. The van der Waals surface area contributed by atoms with Gasteiger partial charge in [0, 0.05) is 65.6 Å². The van der Waals surface area contributed by atoms with Crippen LogP contribution in [0.25, 0.3) is 0 Å². The minimum Gasteiger partial charge on any atom is -0.456 e. The van der Waals surface area contributed by atoms with Crippen LogP contribution in [0.2, 0.25) is 0 Å². The second-order valence-electron chi connectivity index (χ2n) is 14.9. The summed E-state index contributed by atoms with van der Waals surface area (Å²) in [5, 5.41) is 57.1. The lowest BCUT2D eigenvalue weighted by Crippen LogP contribution is -2.63. The van der Waals surface area contributed by atoms with Crippen LogP contribution in [0.5, 0.6) is 0 Å². The van der Waals surface area contributed by atoms with E-state index in [0.717, 1.165) is 0 Å². The molecule has 3 aliphatic heterocycles. The molecule has 0 bridgehead atoms. The summed E-state index contributed by atoms with van der Waals surface area (Å²) in [6.07, 6.45) is -3.74. The molecule has 0 aliphatic carbocycles. The summed E-state index contributed by atoms with van der Waals surface area (Å²) >= 11 is 1.22. The van der Waals surface area contributed by atoms with Crippen LogP contribution in [0.15, 0.2) is 83.4 Å². The average Bonchev–Trinajstić information content (AvgIpc) is 3.78. The van der Waals surface area contributed by atoms with Crippen molar-refractivity contribution in [2.24, 2.45) is 11.8 Å². The highest BCUT2D eigenvalue weighted by atomic mass is 32.2. The third-order valence-electron chi connectivity index (χ3n) is 10.8. The number of benzene rings is 3. The van der Waals surface area contributed by atoms with Crippen LogP contribution >= 0.6 is 11.8 Å². The van der Waals surface area contributed by atoms with Crippen molar-refractivity contribution in [2.45, 2.75) is 76.1 Å². The molecule has 3 amide bonds. The van der Waals surface area contributed by atoms with Gasteiger partial charge >= 0.3 is 18.2 Å². The highest BCUT2D eigenvalue weighted by molar-refractivity contribution is 8.03. The highest BCUT2D eigenvalue weighted by Crippen LogP contribution is 2.52. The van der Waals surface area contributed by atoms with Crippen LogP contribution in [-0.4, -0.2) is 101 Å². The van der Waals surface area contributed by atoms with Crippen LogP contribution in [0.4, 0.5) is 26.7 Å². The Morgan fingerprint density at radius 2 is 1.29 bits per heavy atom. The molecule has 1 unspecified atom stereocenters. The first kappa shape index (κ1) is 44.9. The Morgan fingerprint density at radius 3 is 1.77 bits per heavy atom. The summed E-state index contributed by atoms with van der Waals surface area (Å²) in [7, 11) is 0. The number of nitrogens with one attached hydrogen (secondary N) is 1. The minimum atomic E-state index is -1.22. The number of rotatable bonds is 17. The molecule has 6 rings (SSSR count). The normalized spacial score (nSPS) is 21.4. The Labute approximate surface area is 357 Å². The summed E-state index contributed by atoms with van der Waals surface area (Å²) in [5.74, 6) is -2.55. The SMILES string of the molecule is C[C@@H](O)[C@H]1C(=O)N2C(C(=O)OCc3ccc([N+](=O)[O-])cc3)=C(S[C@H]3C[C@@H](C(O)CCNC(=O)OCc4ccc([N+](=O)[O-])cc4)N(C(=O)OCc4ccc([N+](=O)[O-])cc4)C3)[C@H](C)[C@H]12. The second-order valence-corrected chi connectivity index (χ2v) is 16.3. The molecule has 7 atom stereocenters. The molecule has 3 aromatic carbocycles. The number of nitro groups is 3. The van der Waals surface area contributed by atoms with E-state index in [0.29, 0.717) is 21.6 Å². The molecule has 62 heavy (non-hydrogen) atoms. The lowest BCUT2D eigenvalue weighted by molar-refractivity contribution is -0.385. The van der Waals surface area contributed by atoms with Gasteiger partial charge in [-0.05, 0) is 72.9 Å². The monoisotopic (exact) mass is 878 g/mol. The number of amides is 3. The first-order valence-corrected chi connectivity index (χ1v) is 20.2. The van der Waals surface area contributed by atoms with Gasteiger partial charge in [-0.1, -0.05) is 6.92 Å². The van der Waals surface area contributed by atoms with Gasteiger partial charge in [0.1, 0.15) is 25.5 Å². The van der Waals surface area contributed by atoms with Crippen LogP contribution in [0.3, 0.4) is 0 Å².